The fourth-order valence-electron chi connectivity index (χ4n) is 4.15. The van der Waals surface area contributed by atoms with Crippen molar-refractivity contribution in [1.29, 1.82) is 0 Å². The second-order valence-electron chi connectivity index (χ2n) is 8.31. The molecule has 3 aromatic rings. The number of piperidine rings is 1. The number of nitrogens with one attached hydrogen (secondary N) is 1. The smallest absolute Gasteiger partial charge is 0.261 e. The maximum Gasteiger partial charge on any atom is 0.261 e. The maximum atomic E-state index is 13.0. The Bertz CT molecular complexity index is 1140. The van der Waals surface area contributed by atoms with Gasteiger partial charge in [-0.25, -0.2) is 4.98 Å². The Morgan fingerprint density at radius 1 is 1.19 bits per heavy atom. The first-order chi connectivity index (χ1) is 15.5. The lowest BCUT2D eigenvalue weighted by Gasteiger charge is -2.38. The highest BCUT2D eigenvalue weighted by molar-refractivity contribution is 5.81. The van der Waals surface area contributed by atoms with Crippen molar-refractivity contribution in [2.75, 3.05) is 25.7 Å². The van der Waals surface area contributed by atoms with E-state index >= 15 is 0 Å². The predicted molar refractivity (Wildman–Crippen MR) is 122 cm³/mol. The van der Waals surface area contributed by atoms with Crippen LogP contribution in [0.5, 0.6) is 0 Å². The molecule has 2 heterocycles. The summed E-state index contributed by atoms with van der Waals surface area (Å²) in [5, 5.41) is 11.6. The van der Waals surface area contributed by atoms with Crippen LogP contribution in [0.3, 0.4) is 0 Å². The minimum absolute atomic E-state index is 0.0959. The lowest BCUT2D eigenvalue weighted by atomic mass is 9.91. The molecule has 2 aromatic carbocycles. The molecule has 1 aliphatic rings. The van der Waals surface area contributed by atoms with Crippen molar-refractivity contribution in [1.82, 2.24) is 14.5 Å². The first kappa shape index (κ1) is 22.0. The van der Waals surface area contributed by atoms with Crippen LogP contribution in [-0.4, -0.2) is 51.3 Å². The second kappa shape index (κ2) is 9.50. The van der Waals surface area contributed by atoms with E-state index in [1.165, 1.54) is 18.0 Å². The quantitative estimate of drug-likeness (QED) is 0.552. The number of likely N-dealkylation sites (tertiary alicyclic amines) is 1. The SMILES string of the molecule is CONc1ccc2ncn(CC3(O)CCN(C(=O)CCc4ccccc4)CC3)c(=O)c2c1. The van der Waals surface area contributed by atoms with Crippen molar-refractivity contribution < 1.29 is 14.7 Å². The van der Waals surface area contributed by atoms with Gasteiger partial charge in [0.2, 0.25) is 5.91 Å². The zero-order valence-corrected chi connectivity index (χ0v) is 18.2. The van der Waals surface area contributed by atoms with Gasteiger partial charge in [-0.3, -0.25) is 24.5 Å². The summed E-state index contributed by atoms with van der Waals surface area (Å²) in [5.41, 5.74) is 3.81. The van der Waals surface area contributed by atoms with E-state index in [9.17, 15) is 14.7 Å². The highest BCUT2D eigenvalue weighted by Gasteiger charge is 2.34. The van der Waals surface area contributed by atoms with Crippen molar-refractivity contribution in [3.05, 3.63) is 70.8 Å². The number of amides is 1. The molecule has 0 bridgehead atoms. The molecule has 8 nitrogen and oxygen atoms in total. The molecule has 0 saturated carbocycles. The summed E-state index contributed by atoms with van der Waals surface area (Å²) in [6, 6.07) is 15.2. The number of hydrogen-bond donors (Lipinski definition) is 2. The average molecular weight is 437 g/mol. The summed E-state index contributed by atoms with van der Waals surface area (Å²) in [4.78, 5) is 36.6. The van der Waals surface area contributed by atoms with E-state index in [0.29, 0.717) is 55.4 Å². The largest absolute Gasteiger partial charge is 0.388 e. The molecule has 0 radical (unpaired) electrons. The number of carbonyl (C=O) groups excluding carboxylic acids is 1. The molecular formula is C24H28N4O4. The summed E-state index contributed by atoms with van der Waals surface area (Å²) in [5.74, 6) is 0.0959. The van der Waals surface area contributed by atoms with Gasteiger partial charge in [0.15, 0.2) is 0 Å². The number of aliphatic hydroxyl groups is 1. The van der Waals surface area contributed by atoms with Gasteiger partial charge < -0.3 is 10.0 Å². The number of benzene rings is 2. The number of rotatable bonds is 7. The van der Waals surface area contributed by atoms with Gasteiger partial charge in [-0.05, 0) is 43.0 Å². The van der Waals surface area contributed by atoms with E-state index in [2.05, 4.69) is 10.5 Å². The lowest BCUT2D eigenvalue weighted by Crippen LogP contribution is -2.49. The first-order valence-corrected chi connectivity index (χ1v) is 10.8. The molecular weight excluding hydrogens is 408 g/mol. The Balaban J connectivity index is 1.39. The molecule has 32 heavy (non-hydrogen) atoms. The number of fused-ring (bicyclic) bond motifs is 1. The van der Waals surface area contributed by atoms with Crippen LogP contribution in [0.4, 0.5) is 5.69 Å². The highest BCUT2D eigenvalue weighted by atomic mass is 16.6. The van der Waals surface area contributed by atoms with Gasteiger partial charge in [0.1, 0.15) is 0 Å². The minimum Gasteiger partial charge on any atom is -0.388 e. The maximum absolute atomic E-state index is 13.0. The van der Waals surface area contributed by atoms with Crippen molar-refractivity contribution in [2.24, 2.45) is 0 Å². The van der Waals surface area contributed by atoms with Gasteiger partial charge in [-0.2, -0.15) is 0 Å². The lowest BCUT2D eigenvalue weighted by molar-refractivity contribution is -0.135. The first-order valence-electron chi connectivity index (χ1n) is 10.8. The van der Waals surface area contributed by atoms with E-state index < -0.39 is 5.60 Å². The van der Waals surface area contributed by atoms with E-state index in [0.717, 1.165) is 5.56 Å². The molecule has 1 fully saturated rings. The zero-order chi connectivity index (χ0) is 22.6. The fraction of sp³-hybridized carbons (Fsp3) is 0.375. The third kappa shape index (κ3) is 4.98. The second-order valence-corrected chi connectivity index (χ2v) is 8.31. The number of carbonyl (C=O) groups is 1. The molecule has 2 N–H and O–H groups in total. The summed E-state index contributed by atoms with van der Waals surface area (Å²) in [6.07, 6.45) is 3.47. The average Bonchev–Trinajstić information content (AvgIpc) is 2.81. The van der Waals surface area contributed by atoms with Crippen LogP contribution in [0.1, 0.15) is 24.8 Å². The summed E-state index contributed by atoms with van der Waals surface area (Å²) in [6.45, 7) is 1.09. The van der Waals surface area contributed by atoms with Gasteiger partial charge in [0, 0.05) is 19.5 Å². The molecule has 0 unspecified atom stereocenters. The molecule has 168 valence electrons. The Kier molecular flexibility index (Phi) is 6.53. The standard InChI is InChI=1S/C24H28N4O4/c1-32-26-19-8-9-21-20(15-19)23(30)28(17-25-21)16-24(31)11-13-27(14-12-24)22(29)10-7-18-5-3-2-4-6-18/h2-6,8-9,15,17,26,31H,7,10-14,16H2,1H3. The molecule has 4 rings (SSSR count). The Morgan fingerprint density at radius 3 is 2.66 bits per heavy atom. The van der Waals surface area contributed by atoms with E-state index in [4.69, 9.17) is 4.84 Å². The van der Waals surface area contributed by atoms with E-state index in [1.807, 2.05) is 35.2 Å². The number of aryl methyl sites for hydroxylation is 1. The summed E-state index contributed by atoms with van der Waals surface area (Å²) in [7, 11) is 1.50. The van der Waals surface area contributed by atoms with Crippen LogP contribution in [-0.2, 0) is 22.6 Å². The van der Waals surface area contributed by atoms with Crippen LogP contribution in [0.15, 0.2) is 59.7 Å². The van der Waals surface area contributed by atoms with Crippen molar-refractivity contribution in [3.63, 3.8) is 0 Å². The molecule has 1 amide bonds. The topological polar surface area (TPSA) is 96.7 Å². The number of anilines is 1. The normalized spacial score (nSPS) is 15.6. The van der Waals surface area contributed by atoms with Crippen molar-refractivity contribution in [2.45, 2.75) is 37.8 Å². The van der Waals surface area contributed by atoms with Crippen LogP contribution in [0.25, 0.3) is 10.9 Å². The Labute approximate surface area is 186 Å². The summed E-state index contributed by atoms with van der Waals surface area (Å²) >= 11 is 0. The van der Waals surface area contributed by atoms with Gasteiger partial charge >= 0.3 is 0 Å². The molecule has 0 spiro atoms. The highest BCUT2D eigenvalue weighted by Crippen LogP contribution is 2.25. The number of aromatic nitrogens is 2. The molecule has 1 aliphatic heterocycles. The van der Waals surface area contributed by atoms with E-state index in [-0.39, 0.29) is 18.0 Å². The van der Waals surface area contributed by atoms with Crippen LogP contribution >= 0.6 is 0 Å². The molecule has 0 atom stereocenters. The third-order valence-corrected chi connectivity index (χ3v) is 6.03. The third-order valence-electron chi connectivity index (χ3n) is 6.03. The van der Waals surface area contributed by atoms with Crippen molar-refractivity contribution in [3.8, 4) is 0 Å². The number of hydrogen-bond acceptors (Lipinski definition) is 6. The van der Waals surface area contributed by atoms with E-state index in [1.54, 1.807) is 18.2 Å². The van der Waals surface area contributed by atoms with Crippen molar-refractivity contribution >= 4 is 22.5 Å². The van der Waals surface area contributed by atoms with Gasteiger partial charge in [0.25, 0.3) is 5.56 Å². The number of nitrogens with zero attached hydrogens (tertiary/aromatic N) is 3. The molecule has 8 heteroatoms. The molecule has 1 aromatic heterocycles. The predicted octanol–water partition coefficient (Wildman–Crippen LogP) is 2.36. The molecule has 1 saturated heterocycles. The minimum atomic E-state index is -1.06. The fourth-order valence-corrected chi connectivity index (χ4v) is 4.15. The molecule has 0 aliphatic carbocycles. The van der Waals surface area contributed by atoms with Gasteiger partial charge in [-0.15, -0.1) is 0 Å². The van der Waals surface area contributed by atoms with Gasteiger partial charge in [-0.1, -0.05) is 30.3 Å². The monoisotopic (exact) mass is 436 g/mol. The zero-order valence-electron chi connectivity index (χ0n) is 18.2. The summed E-state index contributed by atoms with van der Waals surface area (Å²) < 4.78 is 1.45. The Morgan fingerprint density at radius 2 is 1.94 bits per heavy atom. The van der Waals surface area contributed by atoms with Gasteiger partial charge in [0.05, 0.1) is 42.2 Å². The van der Waals surface area contributed by atoms with Crippen LogP contribution < -0.4 is 11.0 Å². The van der Waals surface area contributed by atoms with Crippen LogP contribution in [0, 0.1) is 0 Å². The van der Waals surface area contributed by atoms with Crippen LogP contribution in [0.2, 0.25) is 0 Å². The Hall–Kier alpha value is -3.23.